The highest BCUT2D eigenvalue weighted by Crippen LogP contribution is 2.31. The van der Waals surface area contributed by atoms with Crippen molar-refractivity contribution in [3.8, 4) is 5.75 Å². The van der Waals surface area contributed by atoms with Gasteiger partial charge in [-0.15, -0.1) is 0 Å². The molecule has 2 rings (SSSR count). The van der Waals surface area contributed by atoms with Crippen molar-refractivity contribution in [3.05, 3.63) is 47.9 Å². The maximum Gasteiger partial charge on any atom is 0.150 e. The predicted octanol–water partition coefficient (Wildman–Crippen LogP) is 4.32. The molecule has 0 aromatic heterocycles. The molecule has 2 heteroatoms. The largest absolute Gasteiger partial charge is 0.458 e. The maximum absolute atomic E-state index is 5.66. The van der Waals surface area contributed by atoms with Crippen LogP contribution in [0, 0.1) is 0 Å². The Labute approximate surface area is 97.6 Å². The monoisotopic (exact) mass is 217 g/mol. The Balaban J connectivity index is 0.000000606. The highest BCUT2D eigenvalue weighted by molar-refractivity contribution is 5.63. The molecular formula is C14H19NO. The van der Waals surface area contributed by atoms with Gasteiger partial charge in [0, 0.05) is 0 Å². The van der Waals surface area contributed by atoms with Crippen LogP contribution in [0.3, 0.4) is 0 Å². The molecule has 0 bridgehead atoms. The first-order chi connectivity index (χ1) is 7.81. The van der Waals surface area contributed by atoms with Gasteiger partial charge in [0.2, 0.25) is 0 Å². The van der Waals surface area contributed by atoms with Gasteiger partial charge in [-0.05, 0) is 32.1 Å². The van der Waals surface area contributed by atoms with E-state index in [0.717, 1.165) is 22.9 Å². The fraction of sp³-hybridized carbons (Fsp3) is 0.286. The zero-order chi connectivity index (χ0) is 12.0. The minimum atomic E-state index is 0.887. The van der Waals surface area contributed by atoms with Gasteiger partial charge < -0.3 is 10.1 Å². The first-order valence-electron chi connectivity index (χ1n) is 5.68. The smallest absolute Gasteiger partial charge is 0.150 e. The molecule has 16 heavy (non-hydrogen) atoms. The molecule has 1 aliphatic rings. The van der Waals surface area contributed by atoms with E-state index in [1.54, 1.807) is 0 Å². The van der Waals surface area contributed by atoms with Gasteiger partial charge >= 0.3 is 0 Å². The summed E-state index contributed by atoms with van der Waals surface area (Å²) < 4.78 is 5.66. The molecule has 1 aromatic rings. The fourth-order valence-corrected chi connectivity index (χ4v) is 1.44. The lowest BCUT2D eigenvalue weighted by molar-refractivity contribution is 0.419. The summed E-state index contributed by atoms with van der Waals surface area (Å²) in [6.07, 6.45) is 3.99. The van der Waals surface area contributed by atoms with Gasteiger partial charge in [0.15, 0.2) is 0 Å². The number of fused-ring (bicyclic) bond motifs is 1. The topological polar surface area (TPSA) is 21.3 Å². The molecule has 2 nitrogen and oxygen atoms in total. The van der Waals surface area contributed by atoms with E-state index < -0.39 is 0 Å². The molecular weight excluding hydrogens is 198 g/mol. The average Bonchev–Trinajstić information content (AvgIpc) is 2.33. The van der Waals surface area contributed by atoms with Crippen LogP contribution in [-0.2, 0) is 0 Å². The Morgan fingerprint density at radius 1 is 1.19 bits per heavy atom. The number of hydrogen-bond acceptors (Lipinski definition) is 2. The second kappa shape index (κ2) is 6.01. The van der Waals surface area contributed by atoms with Gasteiger partial charge in [0.05, 0.1) is 11.4 Å². The number of benzene rings is 1. The first kappa shape index (κ1) is 12.4. The van der Waals surface area contributed by atoms with Crippen LogP contribution >= 0.6 is 0 Å². The minimum Gasteiger partial charge on any atom is -0.458 e. The summed E-state index contributed by atoms with van der Waals surface area (Å²) in [5.41, 5.74) is 2.04. The standard InChI is InChI=1S/C12H13NO.C2H6/c1-3-6-10-9(2)14-12-8-5-4-7-11(12)13-10;1-2/h3-8,13H,1-2H3;1-2H3/b6-3-;. The van der Waals surface area contributed by atoms with Crippen molar-refractivity contribution in [1.29, 1.82) is 0 Å². The number of rotatable bonds is 1. The number of ether oxygens (including phenoxy) is 1. The van der Waals surface area contributed by atoms with Crippen molar-refractivity contribution in [2.75, 3.05) is 5.32 Å². The third-order valence-corrected chi connectivity index (χ3v) is 2.13. The van der Waals surface area contributed by atoms with Crippen LogP contribution in [0.1, 0.15) is 27.7 Å². The second-order valence-electron chi connectivity index (χ2n) is 3.19. The molecule has 0 radical (unpaired) electrons. The number of hydrogen-bond donors (Lipinski definition) is 1. The van der Waals surface area contributed by atoms with Crippen molar-refractivity contribution < 1.29 is 4.74 Å². The third-order valence-electron chi connectivity index (χ3n) is 2.13. The summed E-state index contributed by atoms with van der Waals surface area (Å²) in [5, 5.41) is 3.32. The third kappa shape index (κ3) is 2.66. The summed E-state index contributed by atoms with van der Waals surface area (Å²) in [7, 11) is 0. The summed E-state index contributed by atoms with van der Waals surface area (Å²) in [4.78, 5) is 0. The molecule has 0 spiro atoms. The van der Waals surface area contributed by atoms with Crippen molar-refractivity contribution in [2.24, 2.45) is 0 Å². The van der Waals surface area contributed by atoms with E-state index in [9.17, 15) is 0 Å². The average molecular weight is 217 g/mol. The molecule has 0 saturated carbocycles. The molecule has 1 heterocycles. The summed E-state index contributed by atoms with van der Waals surface area (Å²) in [6, 6.07) is 7.92. The van der Waals surface area contributed by atoms with Crippen molar-refractivity contribution >= 4 is 5.69 Å². The zero-order valence-corrected chi connectivity index (χ0v) is 10.4. The van der Waals surface area contributed by atoms with Crippen molar-refractivity contribution in [1.82, 2.24) is 0 Å². The number of allylic oxidation sites excluding steroid dienone is 3. The van der Waals surface area contributed by atoms with Crippen LogP contribution in [0.4, 0.5) is 5.69 Å². The Hall–Kier alpha value is -1.70. The molecule has 86 valence electrons. The van der Waals surface area contributed by atoms with Gasteiger partial charge in [0.25, 0.3) is 0 Å². The molecule has 0 aliphatic carbocycles. The van der Waals surface area contributed by atoms with E-state index in [-0.39, 0.29) is 0 Å². The van der Waals surface area contributed by atoms with Gasteiger partial charge in [-0.25, -0.2) is 0 Å². The summed E-state index contributed by atoms with van der Waals surface area (Å²) >= 11 is 0. The number of nitrogens with one attached hydrogen (secondary N) is 1. The van der Waals surface area contributed by atoms with Crippen LogP contribution in [0.5, 0.6) is 5.75 Å². The Bertz CT molecular complexity index is 405. The van der Waals surface area contributed by atoms with E-state index in [1.165, 1.54) is 0 Å². The quantitative estimate of drug-likeness (QED) is 0.756. The summed E-state index contributed by atoms with van der Waals surface area (Å²) in [5.74, 6) is 1.79. The first-order valence-corrected chi connectivity index (χ1v) is 5.68. The van der Waals surface area contributed by atoms with E-state index in [2.05, 4.69) is 5.32 Å². The molecule has 0 atom stereocenters. The van der Waals surface area contributed by atoms with Crippen LogP contribution in [0.15, 0.2) is 47.9 Å². The molecule has 1 N–H and O–H groups in total. The van der Waals surface area contributed by atoms with Crippen LogP contribution < -0.4 is 10.1 Å². The SMILES string of the molecule is C/C=C\C1=C(C)Oc2ccccc2N1.CC. The van der Waals surface area contributed by atoms with Crippen molar-refractivity contribution in [3.63, 3.8) is 0 Å². The van der Waals surface area contributed by atoms with Gasteiger partial charge in [0.1, 0.15) is 11.5 Å². The lowest BCUT2D eigenvalue weighted by Gasteiger charge is -2.21. The fourth-order valence-electron chi connectivity index (χ4n) is 1.44. The lowest BCUT2D eigenvalue weighted by Crippen LogP contribution is -2.10. The van der Waals surface area contributed by atoms with E-state index >= 15 is 0 Å². The Morgan fingerprint density at radius 2 is 1.88 bits per heavy atom. The van der Waals surface area contributed by atoms with Crippen molar-refractivity contribution in [2.45, 2.75) is 27.7 Å². The highest BCUT2D eigenvalue weighted by atomic mass is 16.5. The normalized spacial score (nSPS) is 13.5. The van der Waals surface area contributed by atoms with Gasteiger partial charge in [-0.3, -0.25) is 0 Å². The van der Waals surface area contributed by atoms with E-state index in [4.69, 9.17) is 4.74 Å². The Kier molecular flexibility index (Phi) is 4.65. The van der Waals surface area contributed by atoms with Gasteiger partial charge in [-0.1, -0.05) is 32.1 Å². The van der Waals surface area contributed by atoms with Crippen LogP contribution in [-0.4, -0.2) is 0 Å². The number of para-hydroxylation sites is 2. The van der Waals surface area contributed by atoms with Gasteiger partial charge in [-0.2, -0.15) is 0 Å². The molecule has 0 fully saturated rings. The zero-order valence-electron chi connectivity index (χ0n) is 10.4. The molecule has 1 aromatic carbocycles. The van der Waals surface area contributed by atoms with E-state index in [1.807, 2.05) is 64.1 Å². The summed E-state index contributed by atoms with van der Waals surface area (Å²) in [6.45, 7) is 7.95. The lowest BCUT2D eigenvalue weighted by atomic mass is 10.2. The predicted molar refractivity (Wildman–Crippen MR) is 69.6 cm³/mol. The highest BCUT2D eigenvalue weighted by Gasteiger charge is 2.13. The van der Waals surface area contributed by atoms with E-state index in [0.29, 0.717) is 0 Å². The number of anilines is 1. The molecule has 0 saturated heterocycles. The second-order valence-corrected chi connectivity index (χ2v) is 3.19. The molecule has 1 aliphatic heterocycles. The van der Waals surface area contributed by atoms with Crippen LogP contribution in [0.25, 0.3) is 0 Å². The molecule has 0 amide bonds. The molecule has 0 unspecified atom stereocenters. The maximum atomic E-state index is 5.66. The minimum absolute atomic E-state index is 0.887. The Morgan fingerprint density at radius 3 is 2.56 bits per heavy atom. The van der Waals surface area contributed by atoms with Crippen LogP contribution in [0.2, 0.25) is 0 Å².